The van der Waals surface area contributed by atoms with E-state index in [1.54, 1.807) is 12.1 Å². The number of likely N-dealkylation sites (tertiary alicyclic amines) is 1. The van der Waals surface area contributed by atoms with Gasteiger partial charge in [-0.3, -0.25) is 4.79 Å². The maximum atomic E-state index is 12.6. The average Bonchev–Trinajstić information content (AvgIpc) is 3.09. The minimum absolute atomic E-state index is 0. The van der Waals surface area contributed by atoms with Gasteiger partial charge in [0.1, 0.15) is 0 Å². The van der Waals surface area contributed by atoms with Crippen molar-refractivity contribution in [2.24, 2.45) is 5.73 Å². The first-order valence-corrected chi connectivity index (χ1v) is 7.17. The second-order valence-electron chi connectivity index (χ2n) is 5.22. The Balaban J connectivity index is 0.00000176. The third kappa shape index (κ3) is 3.28. The number of hydrogen-bond acceptors (Lipinski definition) is 5. The summed E-state index contributed by atoms with van der Waals surface area (Å²) in [5.41, 5.74) is 7.27. The number of halogens is 1. The summed E-state index contributed by atoms with van der Waals surface area (Å²) in [5.74, 6) is 0.566. The smallest absolute Gasteiger partial charge is 0.254 e. The minimum atomic E-state index is 0. The molecule has 0 radical (unpaired) electrons. The Labute approximate surface area is 135 Å². The number of amides is 1. The second-order valence-corrected chi connectivity index (χ2v) is 5.22. The molecule has 0 aliphatic carbocycles. The number of nitrogens with two attached hydrogens (primary N) is 1. The van der Waals surface area contributed by atoms with Crippen molar-refractivity contribution in [3.05, 3.63) is 36.2 Å². The van der Waals surface area contributed by atoms with Crippen LogP contribution in [-0.4, -0.2) is 40.1 Å². The third-order valence-corrected chi connectivity index (χ3v) is 3.91. The molecule has 7 heteroatoms. The normalized spacial score (nSPS) is 17.9. The zero-order valence-electron chi connectivity index (χ0n) is 12.1. The molecule has 22 heavy (non-hydrogen) atoms. The van der Waals surface area contributed by atoms with Crippen molar-refractivity contribution < 1.29 is 9.32 Å². The van der Waals surface area contributed by atoms with E-state index in [0.717, 1.165) is 31.4 Å². The van der Waals surface area contributed by atoms with Crippen LogP contribution in [0.15, 0.2) is 35.2 Å². The van der Waals surface area contributed by atoms with Gasteiger partial charge in [-0.1, -0.05) is 17.3 Å². The van der Waals surface area contributed by atoms with Crippen molar-refractivity contribution in [2.45, 2.75) is 25.3 Å². The van der Waals surface area contributed by atoms with Crippen LogP contribution in [0.1, 0.15) is 29.6 Å². The van der Waals surface area contributed by atoms with E-state index in [1.165, 1.54) is 6.39 Å². The highest BCUT2D eigenvalue weighted by Crippen LogP contribution is 2.21. The summed E-state index contributed by atoms with van der Waals surface area (Å²) >= 11 is 0. The lowest BCUT2D eigenvalue weighted by Gasteiger charge is -2.35. The molecule has 118 valence electrons. The van der Waals surface area contributed by atoms with Gasteiger partial charge in [-0.05, 0) is 31.4 Å². The molecule has 1 saturated heterocycles. The van der Waals surface area contributed by atoms with Gasteiger partial charge in [0.15, 0.2) is 0 Å². The molecule has 0 spiro atoms. The van der Waals surface area contributed by atoms with Crippen molar-refractivity contribution >= 4 is 18.3 Å². The fraction of sp³-hybridized carbons (Fsp3) is 0.400. The molecule has 0 bridgehead atoms. The van der Waals surface area contributed by atoms with E-state index in [0.29, 0.717) is 17.9 Å². The second kappa shape index (κ2) is 7.38. The van der Waals surface area contributed by atoms with Crippen LogP contribution in [0.3, 0.4) is 0 Å². The van der Waals surface area contributed by atoms with Gasteiger partial charge in [0, 0.05) is 30.3 Å². The Morgan fingerprint density at radius 2 is 2.09 bits per heavy atom. The molecule has 1 atom stereocenters. The van der Waals surface area contributed by atoms with E-state index in [-0.39, 0.29) is 24.4 Å². The standard InChI is InChI=1S/C15H18N4O2.ClH/c16-9-13-3-1-2-8-19(13)15(20)12-6-4-11(5-7-12)14-17-10-21-18-14;/h4-7,10,13H,1-3,8-9,16H2;1H. The lowest BCUT2D eigenvalue weighted by molar-refractivity contribution is 0.0623. The molecule has 1 aliphatic rings. The fourth-order valence-corrected chi connectivity index (χ4v) is 2.74. The predicted octanol–water partition coefficient (Wildman–Crippen LogP) is 2.11. The number of hydrogen-bond donors (Lipinski definition) is 1. The number of aromatic nitrogens is 2. The van der Waals surface area contributed by atoms with E-state index >= 15 is 0 Å². The first-order valence-electron chi connectivity index (χ1n) is 7.17. The molecule has 6 nitrogen and oxygen atoms in total. The highest BCUT2D eigenvalue weighted by atomic mass is 35.5. The molecule has 0 saturated carbocycles. The zero-order valence-corrected chi connectivity index (χ0v) is 13.0. The third-order valence-electron chi connectivity index (χ3n) is 3.91. The van der Waals surface area contributed by atoms with Crippen molar-refractivity contribution in [1.82, 2.24) is 15.0 Å². The summed E-state index contributed by atoms with van der Waals surface area (Å²) < 4.78 is 4.72. The predicted molar refractivity (Wildman–Crippen MR) is 84.7 cm³/mol. The molecule has 3 rings (SSSR count). The van der Waals surface area contributed by atoms with Crippen molar-refractivity contribution in [3.8, 4) is 11.4 Å². The zero-order chi connectivity index (χ0) is 14.7. The molecule has 1 aromatic heterocycles. The van der Waals surface area contributed by atoms with Crippen molar-refractivity contribution in [3.63, 3.8) is 0 Å². The first-order chi connectivity index (χ1) is 10.3. The van der Waals surface area contributed by atoms with Crippen molar-refractivity contribution in [1.29, 1.82) is 0 Å². The Morgan fingerprint density at radius 3 is 2.73 bits per heavy atom. The van der Waals surface area contributed by atoms with Gasteiger partial charge in [0.25, 0.3) is 5.91 Å². The number of nitrogens with zero attached hydrogens (tertiary/aromatic N) is 3. The summed E-state index contributed by atoms with van der Waals surface area (Å²) in [7, 11) is 0. The largest absolute Gasteiger partial charge is 0.342 e. The SMILES string of the molecule is Cl.NCC1CCCCN1C(=O)c1ccc(-c2ncon2)cc1. The highest BCUT2D eigenvalue weighted by Gasteiger charge is 2.26. The van der Waals surface area contributed by atoms with Gasteiger partial charge in [0.05, 0.1) is 0 Å². The van der Waals surface area contributed by atoms with Crippen LogP contribution >= 0.6 is 12.4 Å². The van der Waals surface area contributed by atoms with Crippen molar-refractivity contribution in [2.75, 3.05) is 13.1 Å². The lowest BCUT2D eigenvalue weighted by Crippen LogP contribution is -2.47. The van der Waals surface area contributed by atoms with Gasteiger partial charge in [-0.25, -0.2) is 0 Å². The Bertz CT molecular complexity index is 601. The first kappa shape index (κ1) is 16.5. The van der Waals surface area contributed by atoms with Crippen LogP contribution in [0.25, 0.3) is 11.4 Å². The molecule has 2 heterocycles. The fourth-order valence-electron chi connectivity index (χ4n) is 2.74. The van der Waals surface area contributed by atoms with Gasteiger partial charge < -0.3 is 15.2 Å². The topological polar surface area (TPSA) is 85.2 Å². The summed E-state index contributed by atoms with van der Waals surface area (Å²) in [4.78, 5) is 18.5. The maximum absolute atomic E-state index is 12.6. The monoisotopic (exact) mass is 322 g/mol. The molecular weight excluding hydrogens is 304 g/mol. The molecule has 2 aromatic rings. The van der Waals surface area contributed by atoms with Gasteiger partial charge in [0.2, 0.25) is 12.2 Å². The van der Waals surface area contributed by atoms with Crippen LogP contribution in [-0.2, 0) is 0 Å². The van der Waals surface area contributed by atoms with Crippen LogP contribution in [0.5, 0.6) is 0 Å². The van der Waals surface area contributed by atoms with E-state index < -0.39 is 0 Å². The molecule has 1 amide bonds. The van der Waals surface area contributed by atoms with Gasteiger partial charge >= 0.3 is 0 Å². The number of rotatable bonds is 3. The van der Waals surface area contributed by atoms with Gasteiger partial charge in [-0.15, -0.1) is 12.4 Å². The molecular formula is C15H19ClN4O2. The number of carbonyl (C=O) groups excluding carboxylic acids is 1. The Kier molecular flexibility index (Phi) is 5.51. The summed E-state index contributed by atoms with van der Waals surface area (Å²) in [5, 5.41) is 3.78. The molecule has 2 N–H and O–H groups in total. The molecule has 1 aromatic carbocycles. The average molecular weight is 323 g/mol. The number of benzene rings is 1. The quantitative estimate of drug-likeness (QED) is 0.935. The van der Waals surface area contributed by atoms with Gasteiger partial charge in [-0.2, -0.15) is 4.98 Å². The van der Waals surface area contributed by atoms with E-state index in [1.807, 2.05) is 17.0 Å². The summed E-state index contributed by atoms with van der Waals surface area (Å²) in [6.07, 6.45) is 4.46. The van der Waals surface area contributed by atoms with E-state index in [4.69, 9.17) is 10.3 Å². The maximum Gasteiger partial charge on any atom is 0.254 e. The Hall–Kier alpha value is -1.92. The highest BCUT2D eigenvalue weighted by molar-refractivity contribution is 5.95. The molecule has 1 fully saturated rings. The van der Waals surface area contributed by atoms with Crippen LogP contribution in [0.4, 0.5) is 0 Å². The van der Waals surface area contributed by atoms with Crippen LogP contribution in [0.2, 0.25) is 0 Å². The number of carbonyl (C=O) groups is 1. The Morgan fingerprint density at radius 1 is 1.32 bits per heavy atom. The molecule has 1 aliphatic heterocycles. The van der Waals surface area contributed by atoms with Crippen LogP contribution in [0, 0.1) is 0 Å². The van der Waals surface area contributed by atoms with E-state index in [9.17, 15) is 4.79 Å². The number of piperidine rings is 1. The van der Waals surface area contributed by atoms with Crippen LogP contribution < -0.4 is 5.73 Å². The lowest BCUT2D eigenvalue weighted by atomic mass is 10.0. The van der Waals surface area contributed by atoms with E-state index in [2.05, 4.69) is 10.1 Å². The summed E-state index contributed by atoms with van der Waals surface area (Å²) in [6.45, 7) is 1.31. The summed E-state index contributed by atoms with van der Waals surface area (Å²) in [6, 6.07) is 7.42. The molecule has 1 unspecified atom stereocenters. The minimum Gasteiger partial charge on any atom is -0.342 e.